The van der Waals surface area contributed by atoms with Crippen LogP contribution in [-0.4, -0.2) is 22.2 Å². The molecule has 29 heavy (non-hydrogen) atoms. The lowest BCUT2D eigenvalue weighted by molar-refractivity contribution is 0.0954. The van der Waals surface area contributed by atoms with Crippen molar-refractivity contribution in [2.45, 2.75) is 13.0 Å². The van der Waals surface area contributed by atoms with Crippen molar-refractivity contribution < 1.29 is 4.79 Å². The molecular formula is C24H20N4O. The minimum absolute atomic E-state index is 0.172. The monoisotopic (exact) mass is 380 g/mol. The van der Waals surface area contributed by atoms with E-state index in [1.165, 1.54) is 5.56 Å². The molecule has 1 aromatic heterocycles. The van der Waals surface area contributed by atoms with Crippen molar-refractivity contribution in [3.63, 3.8) is 0 Å². The van der Waals surface area contributed by atoms with E-state index in [1.807, 2.05) is 65.3 Å². The van der Waals surface area contributed by atoms with E-state index in [0.29, 0.717) is 25.1 Å². The smallest absolute Gasteiger partial charge is 0.251 e. The van der Waals surface area contributed by atoms with Crippen molar-refractivity contribution >= 4 is 16.8 Å². The molecule has 0 unspecified atom stereocenters. The number of fused-ring (bicyclic) bond motifs is 1. The normalized spacial score (nSPS) is 10.6. The molecule has 0 saturated heterocycles. The third-order valence-corrected chi connectivity index (χ3v) is 4.74. The SMILES string of the molecule is N#CCCNC(=O)c1cccc(-c2cccc3nn(Cc4ccccc4)cc23)c1. The highest BCUT2D eigenvalue weighted by molar-refractivity contribution is 5.98. The van der Waals surface area contributed by atoms with Crippen molar-refractivity contribution in [2.24, 2.45) is 0 Å². The maximum Gasteiger partial charge on any atom is 0.251 e. The molecule has 1 heterocycles. The summed E-state index contributed by atoms with van der Waals surface area (Å²) in [6.07, 6.45) is 2.35. The highest BCUT2D eigenvalue weighted by Crippen LogP contribution is 2.29. The molecule has 0 aliphatic carbocycles. The number of nitrogens with one attached hydrogen (secondary N) is 1. The number of nitrogens with zero attached hydrogens (tertiary/aromatic N) is 3. The van der Waals surface area contributed by atoms with Crippen LogP contribution in [0, 0.1) is 11.3 Å². The van der Waals surface area contributed by atoms with Gasteiger partial charge in [-0.3, -0.25) is 9.48 Å². The predicted octanol–water partition coefficient (Wildman–Crippen LogP) is 4.40. The van der Waals surface area contributed by atoms with Gasteiger partial charge in [0.05, 0.1) is 24.6 Å². The van der Waals surface area contributed by atoms with E-state index in [2.05, 4.69) is 23.6 Å². The summed E-state index contributed by atoms with van der Waals surface area (Å²) in [5, 5.41) is 17.2. The Balaban J connectivity index is 1.65. The number of aromatic nitrogens is 2. The van der Waals surface area contributed by atoms with Crippen LogP contribution in [0.1, 0.15) is 22.3 Å². The van der Waals surface area contributed by atoms with Gasteiger partial charge in [-0.05, 0) is 34.9 Å². The summed E-state index contributed by atoms with van der Waals surface area (Å²) in [6.45, 7) is 1.05. The van der Waals surface area contributed by atoms with Gasteiger partial charge < -0.3 is 5.32 Å². The molecule has 0 saturated carbocycles. The minimum atomic E-state index is -0.172. The zero-order chi connectivity index (χ0) is 20.1. The van der Waals surface area contributed by atoms with E-state index in [9.17, 15) is 4.79 Å². The second-order valence-electron chi connectivity index (χ2n) is 6.80. The summed E-state index contributed by atoms with van der Waals surface area (Å²) in [5.41, 5.74) is 4.69. The van der Waals surface area contributed by atoms with Crippen LogP contribution in [0.2, 0.25) is 0 Å². The summed E-state index contributed by atoms with van der Waals surface area (Å²) >= 11 is 0. The molecule has 0 atom stereocenters. The summed E-state index contributed by atoms with van der Waals surface area (Å²) < 4.78 is 1.95. The number of amides is 1. The van der Waals surface area contributed by atoms with Gasteiger partial charge in [-0.1, -0.05) is 54.6 Å². The molecule has 3 aromatic carbocycles. The molecule has 5 nitrogen and oxygen atoms in total. The van der Waals surface area contributed by atoms with Gasteiger partial charge in [-0.15, -0.1) is 0 Å². The van der Waals surface area contributed by atoms with Crippen LogP contribution >= 0.6 is 0 Å². The molecule has 0 radical (unpaired) electrons. The van der Waals surface area contributed by atoms with Gasteiger partial charge in [0.2, 0.25) is 0 Å². The van der Waals surface area contributed by atoms with Crippen molar-refractivity contribution in [3.8, 4) is 17.2 Å². The summed E-state index contributed by atoms with van der Waals surface area (Å²) in [5.74, 6) is -0.172. The topological polar surface area (TPSA) is 70.7 Å². The van der Waals surface area contributed by atoms with E-state index in [-0.39, 0.29) is 5.91 Å². The Morgan fingerprint density at radius 3 is 2.69 bits per heavy atom. The summed E-state index contributed by atoms with van der Waals surface area (Å²) in [7, 11) is 0. The Kier molecular flexibility index (Phi) is 5.35. The number of benzene rings is 3. The zero-order valence-corrected chi connectivity index (χ0v) is 15.9. The molecule has 4 aromatic rings. The van der Waals surface area contributed by atoms with E-state index >= 15 is 0 Å². The summed E-state index contributed by atoms with van der Waals surface area (Å²) in [4.78, 5) is 12.3. The first-order valence-corrected chi connectivity index (χ1v) is 9.50. The number of rotatable bonds is 6. The molecule has 0 fully saturated rings. The zero-order valence-electron chi connectivity index (χ0n) is 15.9. The maximum absolute atomic E-state index is 12.3. The molecule has 0 aliphatic rings. The second kappa shape index (κ2) is 8.41. The Labute approximate surface area is 169 Å². The van der Waals surface area contributed by atoms with Gasteiger partial charge in [0, 0.05) is 23.7 Å². The fraction of sp³-hybridized carbons (Fsp3) is 0.125. The lowest BCUT2D eigenvalue weighted by Gasteiger charge is -2.07. The van der Waals surface area contributed by atoms with Crippen LogP contribution in [0.25, 0.3) is 22.0 Å². The van der Waals surface area contributed by atoms with Gasteiger partial charge in [0.25, 0.3) is 5.91 Å². The lowest BCUT2D eigenvalue weighted by Crippen LogP contribution is -2.24. The standard InChI is InChI=1S/C24H20N4O/c25-13-6-14-26-24(29)20-10-4-9-19(15-20)21-11-5-12-23-22(21)17-28(27-23)16-18-7-2-1-3-8-18/h1-5,7-12,15,17H,6,14,16H2,(H,26,29). The Hall–Kier alpha value is -3.91. The average molecular weight is 380 g/mol. The molecule has 1 amide bonds. The first kappa shape index (κ1) is 18.5. The highest BCUT2D eigenvalue weighted by Gasteiger charge is 2.11. The van der Waals surface area contributed by atoms with Crippen LogP contribution in [0.5, 0.6) is 0 Å². The number of nitriles is 1. The minimum Gasteiger partial charge on any atom is -0.351 e. The number of hydrogen-bond acceptors (Lipinski definition) is 3. The van der Waals surface area contributed by atoms with Crippen molar-refractivity contribution in [3.05, 3.63) is 90.1 Å². The first-order chi connectivity index (χ1) is 14.2. The Morgan fingerprint density at radius 2 is 1.86 bits per heavy atom. The molecule has 142 valence electrons. The van der Waals surface area contributed by atoms with E-state index < -0.39 is 0 Å². The van der Waals surface area contributed by atoms with Gasteiger partial charge in [-0.2, -0.15) is 10.4 Å². The Morgan fingerprint density at radius 1 is 1.03 bits per heavy atom. The van der Waals surface area contributed by atoms with Crippen LogP contribution in [0.4, 0.5) is 0 Å². The van der Waals surface area contributed by atoms with Gasteiger partial charge >= 0.3 is 0 Å². The van der Waals surface area contributed by atoms with Gasteiger partial charge in [0.15, 0.2) is 0 Å². The highest BCUT2D eigenvalue weighted by atomic mass is 16.1. The van der Waals surface area contributed by atoms with E-state index in [4.69, 9.17) is 10.4 Å². The number of carbonyl (C=O) groups is 1. The average Bonchev–Trinajstić information content (AvgIpc) is 3.17. The third kappa shape index (κ3) is 4.17. The molecular weight excluding hydrogens is 360 g/mol. The fourth-order valence-corrected chi connectivity index (χ4v) is 3.36. The van der Waals surface area contributed by atoms with Crippen LogP contribution in [0.3, 0.4) is 0 Å². The molecule has 5 heteroatoms. The van der Waals surface area contributed by atoms with E-state index in [1.54, 1.807) is 6.07 Å². The predicted molar refractivity (Wildman–Crippen MR) is 113 cm³/mol. The van der Waals surface area contributed by atoms with Crippen LogP contribution < -0.4 is 5.32 Å². The van der Waals surface area contributed by atoms with Crippen LogP contribution in [0.15, 0.2) is 79.0 Å². The molecule has 4 rings (SSSR count). The third-order valence-electron chi connectivity index (χ3n) is 4.74. The second-order valence-corrected chi connectivity index (χ2v) is 6.80. The Bertz CT molecular complexity index is 1190. The van der Waals surface area contributed by atoms with Crippen molar-refractivity contribution in [1.82, 2.24) is 15.1 Å². The molecule has 1 N–H and O–H groups in total. The lowest BCUT2D eigenvalue weighted by atomic mass is 10.00. The molecule has 0 bridgehead atoms. The van der Waals surface area contributed by atoms with Gasteiger partial charge in [-0.25, -0.2) is 0 Å². The van der Waals surface area contributed by atoms with E-state index in [0.717, 1.165) is 22.0 Å². The van der Waals surface area contributed by atoms with Crippen molar-refractivity contribution in [2.75, 3.05) is 6.54 Å². The first-order valence-electron chi connectivity index (χ1n) is 9.50. The number of hydrogen-bond donors (Lipinski definition) is 1. The molecule has 0 aliphatic heterocycles. The quantitative estimate of drug-likeness (QED) is 0.504. The maximum atomic E-state index is 12.3. The van der Waals surface area contributed by atoms with Crippen molar-refractivity contribution in [1.29, 1.82) is 5.26 Å². The summed E-state index contributed by atoms with van der Waals surface area (Å²) in [6, 6.07) is 25.8. The number of carbonyl (C=O) groups excluding carboxylic acids is 1. The van der Waals surface area contributed by atoms with Gasteiger partial charge in [0.1, 0.15) is 0 Å². The fourth-order valence-electron chi connectivity index (χ4n) is 3.36. The largest absolute Gasteiger partial charge is 0.351 e. The van der Waals surface area contributed by atoms with Crippen LogP contribution in [-0.2, 0) is 6.54 Å². The molecule has 0 spiro atoms.